The zero-order valence-electron chi connectivity index (χ0n) is 5.52. The molecule has 0 nitrogen and oxygen atoms in total. The maximum Gasteiger partial charge on any atom is 0.0398 e. The molecule has 1 unspecified atom stereocenters. The third-order valence-electron chi connectivity index (χ3n) is 2.17. The first-order valence-corrected chi connectivity index (χ1v) is 3.89. The summed E-state index contributed by atoms with van der Waals surface area (Å²) in [6.07, 6.45) is 2.54. The lowest BCUT2D eigenvalue weighted by Gasteiger charge is -1.84. The molecule has 0 saturated heterocycles. The standard InChI is InChI=1S/C7H13Cl/c1-3-5-6(4-2)7(5)8/h5-7H,3-4H2,1-2H3/t5-,6+,7?. The fourth-order valence-corrected chi connectivity index (χ4v) is 2.10. The van der Waals surface area contributed by atoms with Gasteiger partial charge in [-0.15, -0.1) is 11.6 Å². The topological polar surface area (TPSA) is 0 Å². The summed E-state index contributed by atoms with van der Waals surface area (Å²) in [7, 11) is 0. The maximum atomic E-state index is 5.92. The van der Waals surface area contributed by atoms with Crippen LogP contribution in [0.5, 0.6) is 0 Å². The summed E-state index contributed by atoms with van der Waals surface area (Å²) >= 11 is 5.92. The van der Waals surface area contributed by atoms with Crippen molar-refractivity contribution in [1.82, 2.24) is 0 Å². The third kappa shape index (κ3) is 0.862. The monoisotopic (exact) mass is 132 g/mol. The molecule has 1 aliphatic rings. The van der Waals surface area contributed by atoms with Crippen LogP contribution in [0, 0.1) is 11.8 Å². The van der Waals surface area contributed by atoms with Gasteiger partial charge in [0.05, 0.1) is 0 Å². The molecule has 1 heteroatoms. The fourth-order valence-electron chi connectivity index (χ4n) is 1.45. The van der Waals surface area contributed by atoms with Gasteiger partial charge in [-0.2, -0.15) is 0 Å². The lowest BCUT2D eigenvalue weighted by atomic mass is 10.2. The lowest BCUT2D eigenvalue weighted by molar-refractivity contribution is 0.663. The van der Waals surface area contributed by atoms with Gasteiger partial charge in [-0.1, -0.05) is 26.7 Å². The summed E-state index contributed by atoms with van der Waals surface area (Å²) in [5.41, 5.74) is 0. The number of hydrogen-bond acceptors (Lipinski definition) is 0. The van der Waals surface area contributed by atoms with Gasteiger partial charge in [-0.25, -0.2) is 0 Å². The minimum absolute atomic E-state index is 0.519. The van der Waals surface area contributed by atoms with E-state index in [1.54, 1.807) is 0 Å². The van der Waals surface area contributed by atoms with Crippen molar-refractivity contribution in [1.29, 1.82) is 0 Å². The molecule has 3 atom stereocenters. The molecule has 1 saturated carbocycles. The van der Waals surface area contributed by atoms with Gasteiger partial charge >= 0.3 is 0 Å². The Morgan fingerprint density at radius 3 is 1.62 bits per heavy atom. The highest BCUT2D eigenvalue weighted by atomic mass is 35.5. The van der Waals surface area contributed by atoms with Crippen molar-refractivity contribution >= 4 is 11.6 Å². The van der Waals surface area contributed by atoms with Gasteiger partial charge in [0.1, 0.15) is 0 Å². The largest absolute Gasteiger partial charge is 0.122 e. The molecule has 0 spiro atoms. The zero-order valence-corrected chi connectivity index (χ0v) is 6.28. The number of rotatable bonds is 2. The first-order valence-electron chi connectivity index (χ1n) is 3.45. The van der Waals surface area contributed by atoms with Crippen LogP contribution in [0.15, 0.2) is 0 Å². The van der Waals surface area contributed by atoms with Gasteiger partial charge in [0.2, 0.25) is 0 Å². The van der Waals surface area contributed by atoms with Crippen LogP contribution in [-0.2, 0) is 0 Å². The molecule has 0 heterocycles. The molecule has 0 aromatic carbocycles. The first kappa shape index (κ1) is 6.41. The molecule has 1 aliphatic carbocycles. The summed E-state index contributed by atoms with van der Waals surface area (Å²) in [6.45, 7) is 4.44. The number of hydrogen-bond donors (Lipinski definition) is 0. The van der Waals surface area contributed by atoms with Crippen molar-refractivity contribution in [3.63, 3.8) is 0 Å². The van der Waals surface area contributed by atoms with E-state index < -0.39 is 0 Å². The Morgan fingerprint density at radius 1 is 1.12 bits per heavy atom. The van der Waals surface area contributed by atoms with Crippen LogP contribution < -0.4 is 0 Å². The van der Waals surface area contributed by atoms with E-state index in [2.05, 4.69) is 13.8 Å². The van der Waals surface area contributed by atoms with Crippen LogP contribution in [-0.4, -0.2) is 5.38 Å². The van der Waals surface area contributed by atoms with E-state index in [0.29, 0.717) is 5.38 Å². The van der Waals surface area contributed by atoms with Gasteiger partial charge in [0.25, 0.3) is 0 Å². The Balaban J connectivity index is 2.23. The Labute approximate surface area is 56.2 Å². The quantitative estimate of drug-likeness (QED) is 0.507. The second-order valence-electron chi connectivity index (χ2n) is 2.59. The molecule has 1 rings (SSSR count). The van der Waals surface area contributed by atoms with Crippen molar-refractivity contribution in [2.24, 2.45) is 11.8 Å². The Bertz CT molecular complexity index is 70.5. The highest BCUT2D eigenvalue weighted by Gasteiger charge is 2.45. The third-order valence-corrected chi connectivity index (χ3v) is 2.82. The molecule has 0 aromatic rings. The van der Waals surface area contributed by atoms with E-state index in [1.807, 2.05) is 0 Å². The highest BCUT2D eigenvalue weighted by Crippen LogP contribution is 2.47. The molecule has 0 aromatic heterocycles. The Kier molecular flexibility index (Phi) is 1.81. The molecule has 1 fully saturated rings. The van der Waals surface area contributed by atoms with Crippen LogP contribution in [0.1, 0.15) is 26.7 Å². The number of halogens is 1. The first-order chi connectivity index (χ1) is 3.81. The van der Waals surface area contributed by atoms with Crippen LogP contribution in [0.4, 0.5) is 0 Å². The predicted molar refractivity (Wildman–Crippen MR) is 37.2 cm³/mol. The van der Waals surface area contributed by atoms with Crippen LogP contribution in [0.25, 0.3) is 0 Å². The summed E-state index contributed by atoms with van der Waals surface area (Å²) in [4.78, 5) is 0. The van der Waals surface area contributed by atoms with Crippen molar-refractivity contribution in [2.45, 2.75) is 32.1 Å². The van der Waals surface area contributed by atoms with Gasteiger partial charge in [0, 0.05) is 5.38 Å². The zero-order chi connectivity index (χ0) is 6.15. The Hall–Kier alpha value is 0.290. The molecule has 8 heavy (non-hydrogen) atoms. The fraction of sp³-hybridized carbons (Fsp3) is 1.00. The SMILES string of the molecule is CC[C@@H]1C(Cl)[C@@H]1CC. The minimum atomic E-state index is 0.519. The molecule has 0 bridgehead atoms. The molecule has 0 N–H and O–H groups in total. The van der Waals surface area contributed by atoms with E-state index in [1.165, 1.54) is 12.8 Å². The van der Waals surface area contributed by atoms with Crippen molar-refractivity contribution in [3.8, 4) is 0 Å². The number of alkyl halides is 1. The van der Waals surface area contributed by atoms with Crippen LogP contribution >= 0.6 is 11.6 Å². The van der Waals surface area contributed by atoms with Crippen LogP contribution in [0.3, 0.4) is 0 Å². The lowest BCUT2D eigenvalue weighted by Crippen LogP contribution is -1.74. The van der Waals surface area contributed by atoms with Gasteiger partial charge in [-0.05, 0) is 11.8 Å². The van der Waals surface area contributed by atoms with Crippen molar-refractivity contribution < 1.29 is 0 Å². The van der Waals surface area contributed by atoms with Crippen molar-refractivity contribution in [3.05, 3.63) is 0 Å². The second-order valence-corrected chi connectivity index (χ2v) is 3.09. The van der Waals surface area contributed by atoms with Crippen molar-refractivity contribution in [2.75, 3.05) is 0 Å². The maximum absolute atomic E-state index is 5.92. The molecule has 48 valence electrons. The minimum Gasteiger partial charge on any atom is -0.122 e. The van der Waals surface area contributed by atoms with Crippen LogP contribution in [0.2, 0.25) is 0 Å². The van der Waals surface area contributed by atoms with E-state index in [9.17, 15) is 0 Å². The second kappa shape index (κ2) is 2.26. The van der Waals surface area contributed by atoms with Gasteiger partial charge in [0.15, 0.2) is 0 Å². The summed E-state index contributed by atoms with van der Waals surface area (Å²) < 4.78 is 0. The smallest absolute Gasteiger partial charge is 0.0398 e. The van der Waals surface area contributed by atoms with Gasteiger partial charge in [-0.3, -0.25) is 0 Å². The molecule has 0 amide bonds. The van der Waals surface area contributed by atoms with E-state index in [0.717, 1.165) is 11.8 Å². The van der Waals surface area contributed by atoms with Gasteiger partial charge < -0.3 is 0 Å². The Morgan fingerprint density at radius 2 is 1.50 bits per heavy atom. The molecule has 0 radical (unpaired) electrons. The average molecular weight is 133 g/mol. The van der Waals surface area contributed by atoms with E-state index in [-0.39, 0.29) is 0 Å². The molecular formula is C7H13Cl. The highest BCUT2D eigenvalue weighted by molar-refractivity contribution is 6.23. The van der Waals surface area contributed by atoms with E-state index in [4.69, 9.17) is 11.6 Å². The van der Waals surface area contributed by atoms with E-state index >= 15 is 0 Å². The summed E-state index contributed by atoms with van der Waals surface area (Å²) in [5, 5.41) is 0.519. The normalized spacial score (nSPS) is 44.6. The average Bonchev–Trinajstić information content (AvgIpc) is 2.40. The molecule has 0 aliphatic heterocycles. The summed E-state index contributed by atoms with van der Waals surface area (Å²) in [5.74, 6) is 1.70. The molecular weight excluding hydrogens is 120 g/mol. The predicted octanol–water partition coefficient (Wildman–Crippen LogP) is 2.66. The summed E-state index contributed by atoms with van der Waals surface area (Å²) in [6, 6.07) is 0.